The molecule has 0 fully saturated rings. The number of ether oxygens (including phenoxy) is 1. The lowest BCUT2D eigenvalue weighted by Crippen LogP contribution is -2.05. The Kier molecular flexibility index (Phi) is 4.66. The minimum absolute atomic E-state index is 0.246. The molecule has 0 N–H and O–H groups in total. The molecule has 0 bridgehead atoms. The van der Waals surface area contributed by atoms with Crippen LogP contribution in [-0.2, 0) is 6.54 Å². The Morgan fingerprint density at radius 1 is 0.926 bits per heavy atom. The summed E-state index contributed by atoms with van der Waals surface area (Å²) in [5.74, 6) is 0.509. The van der Waals surface area contributed by atoms with Gasteiger partial charge < -0.3 is 4.74 Å². The van der Waals surface area contributed by atoms with Crippen molar-refractivity contribution in [3.8, 4) is 28.4 Å². The Labute approximate surface area is 156 Å². The van der Waals surface area contributed by atoms with Gasteiger partial charge in [-0.15, -0.1) is 0 Å². The minimum atomic E-state index is -0.246. The highest BCUT2D eigenvalue weighted by molar-refractivity contribution is 5.68. The maximum atomic E-state index is 14.2. The molecule has 2 heterocycles. The fourth-order valence-electron chi connectivity index (χ4n) is 2.98. The Morgan fingerprint density at radius 2 is 1.78 bits per heavy atom. The van der Waals surface area contributed by atoms with Crippen LogP contribution in [0.5, 0.6) is 5.75 Å². The number of hydrogen-bond acceptors (Lipinski definition) is 3. The maximum absolute atomic E-state index is 14.2. The van der Waals surface area contributed by atoms with E-state index in [4.69, 9.17) is 9.84 Å². The SMILES string of the molecule is COc1cccc(-c2cc(-c3ccccn3)nn2Cc2ccccc2F)c1. The van der Waals surface area contributed by atoms with E-state index >= 15 is 0 Å². The number of halogens is 1. The normalized spacial score (nSPS) is 10.7. The summed E-state index contributed by atoms with van der Waals surface area (Å²) in [5.41, 5.74) is 3.91. The van der Waals surface area contributed by atoms with Crippen LogP contribution in [-0.4, -0.2) is 21.9 Å². The maximum Gasteiger partial charge on any atom is 0.128 e. The van der Waals surface area contributed by atoms with Gasteiger partial charge in [-0.05, 0) is 36.4 Å². The van der Waals surface area contributed by atoms with Crippen LogP contribution in [0.15, 0.2) is 79.0 Å². The first kappa shape index (κ1) is 17.0. The number of nitrogens with zero attached hydrogens (tertiary/aromatic N) is 3. The molecule has 4 nitrogen and oxygen atoms in total. The molecule has 4 rings (SSSR count). The number of methoxy groups -OCH3 is 1. The first-order valence-electron chi connectivity index (χ1n) is 8.61. The lowest BCUT2D eigenvalue weighted by atomic mass is 10.1. The first-order valence-corrected chi connectivity index (χ1v) is 8.61. The molecule has 134 valence electrons. The van der Waals surface area contributed by atoms with Crippen molar-refractivity contribution >= 4 is 0 Å². The van der Waals surface area contributed by atoms with Gasteiger partial charge in [-0.1, -0.05) is 36.4 Å². The van der Waals surface area contributed by atoms with Crippen molar-refractivity contribution in [1.82, 2.24) is 14.8 Å². The van der Waals surface area contributed by atoms with Crippen LogP contribution < -0.4 is 4.74 Å². The molecule has 0 aliphatic rings. The van der Waals surface area contributed by atoms with Gasteiger partial charge in [0, 0.05) is 17.3 Å². The van der Waals surface area contributed by atoms with E-state index in [1.165, 1.54) is 6.07 Å². The fraction of sp³-hybridized carbons (Fsp3) is 0.0909. The van der Waals surface area contributed by atoms with Crippen LogP contribution in [0, 0.1) is 5.82 Å². The van der Waals surface area contributed by atoms with E-state index < -0.39 is 0 Å². The average Bonchev–Trinajstić information content (AvgIpc) is 3.14. The van der Waals surface area contributed by atoms with Crippen LogP contribution in [0.4, 0.5) is 4.39 Å². The van der Waals surface area contributed by atoms with Crippen LogP contribution in [0.1, 0.15) is 5.56 Å². The van der Waals surface area contributed by atoms with E-state index in [2.05, 4.69) is 4.98 Å². The molecule has 2 aromatic carbocycles. The molecule has 0 atom stereocenters. The third kappa shape index (κ3) is 3.58. The van der Waals surface area contributed by atoms with Crippen LogP contribution in [0.25, 0.3) is 22.6 Å². The number of benzene rings is 2. The van der Waals surface area contributed by atoms with Crippen molar-refractivity contribution in [2.45, 2.75) is 6.54 Å². The van der Waals surface area contributed by atoms with E-state index in [1.54, 1.807) is 30.1 Å². The number of aromatic nitrogens is 3. The standard InChI is InChI=1S/C22H18FN3O/c1-27-18-9-6-8-16(13-18)22-14-21(20-11-4-5-12-24-20)25-26(22)15-17-7-2-3-10-19(17)23/h2-14H,15H2,1H3. The van der Waals surface area contributed by atoms with Crippen molar-refractivity contribution in [2.75, 3.05) is 7.11 Å². The highest BCUT2D eigenvalue weighted by atomic mass is 19.1. The Hall–Kier alpha value is -3.47. The van der Waals surface area contributed by atoms with Crippen molar-refractivity contribution in [3.05, 3.63) is 90.4 Å². The molecular formula is C22H18FN3O. The third-order valence-electron chi connectivity index (χ3n) is 4.35. The molecule has 5 heteroatoms. The number of hydrogen-bond donors (Lipinski definition) is 0. The fourth-order valence-corrected chi connectivity index (χ4v) is 2.98. The van der Waals surface area contributed by atoms with E-state index in [9.17, 15) is 4.39 Å². The molecule has 27 heavy (non-hydrogen) atoms. The third-order valence-corrected chi connectivity index (χ3v) is 4.35. The smallest absolute Gasteiger partial charge is 0.128 e. The highest BCUT2D eigenvalue weighted by Crippen LogP contribution is 2.28. The van der Waals surface area contributed by atoms with Gasteiger partial charge in [0.15, 0.2) is 0 Å². The van der Waals surface area contributed by atoms with E-state index in [0.717, 1.165) is 28.4 Å². The molecule has 0 aliphatic carbocycles. The van der Waals surface area contributed by atoms with Gasteiger partial charge in [0.05, 0.1) is 25.0 Å². The van der Waals surface area contributed by atoms with Crippen molar-refractivity contribution < 1.29 is 9.13 Å². The Balaban J connectivity index is 1.82. The highest BCUT2D eigenvalue weighted by Gasteiger charge is 2.14. The Bertz CT molecular complexity index is 1060. The molecule has 2 aromatic heterocycles. The monoisotopic (exact) mass is 359 g/mol. The molecule has 0 saturated carbocycles. The molecule has 0 aliphatic heterocycles. The molecular weight excluding hydrogens is 341 g/mol. The zero-order chi connectivity index (χ0) is 18.6. The van der Waals surface area contributed by atoms with Gasteiger partial charge in [-0.25, -0.2) is 4.39 Å². The second kappa shape index (κ2) is 7.41. The van der Waals surface area contributed by atoms with Gasteiger partial charge in [0.25, 0.3) is 0 Å². The first-order chi connectivity index (χ1) is 13.2. The summed E-state index contributed by atoms with van der Waals surface area (Å²) in [6.07, 6.45) is 1.73. The van der Waals surface area contributed by atoms with E-state index in [-0.39, 0.29) is 5.82 Å². The van der Waals surface area contributed by atoms with Gasteiger partial charge in [0.2, 0.25) is 0 Å². The molecule has 0 saturated heterocycles. The zero-order valence-electron chi connectivity index (χ0n) is 14.8. The summed E-state index contributed by atoms with van der Waals surface area (Å²) in [6.45, 7) is 0.325. The second-order valence-corrected chi connectivity index (χ2v) is 6.11. The summed E-state index contributed by atoms with van der Waals surface area (Å²) in [5, 5.41) is 4.70. The largest absolute Gasteiger partial charge is 0.497 e. The van der Waals surface area contributed by atoms with Gasteiger partial charge >= 0.3 is 0 Å². The van der Waals surface area contributed by atoms with Crippen molar-refractivity contribution in [3.63, 3.8) is 0 Å². The topological polar surface area (TPSA) is 39.9 Å². The van der Waals surface area contributed by atoms with Crippen LogP contribution in [0.3, 0.4) is 0 Å². The zero-order valence-corrected chi connectivity index (χ0v) is 14.8. The van der Waals surface area contributed by atoms with E-state index in [0.29, 0.717) is 12.1 Å². The summed E-state index contributed by atoms with van der Waals surface area (Å²) in [7, 11) is 1.63. The molecule has 4 aromatic rings. The number of pyridine rings is 1. The second-order valence-electron chi connectivity index (χ2n) is 6.11. The lowest BCUT2D eigenvalue weighted by molar-refractivity contribution is 0.415. The Morgan fingerprint density at radius 3 is 2.56 bits per heavy atom. The predicted molar refractivity (Wildman–Crippen MR) is 103 cm³/mol. The number of rotatable bonds is 5. The molecule has 0 spiro atoms. The molecule has 0 amide bonds. The summed E-state index contributed by atoms with van der Waals surface area (Å²) >= 11 is 0. The summed E-state index contributed by atoms with van der Waals surface area (Å²) in [6, 6.07) is 22.1. The quantitative estimate of drug-likeness (QED) is 0.513. The van der Waals surface area contributed by atoms with Crippen LogP contribution >= 0.6 is 0 Å². The van der Waals surface area contributed by atoms with Gasteiger partial charge in [-0.3, -0.25) is 9.67 Å². The summed E-state index contributed by atoms with van der Waals surface area (Å²) < 4.78 is 21.3. The predicted octanol–water partition coefficient (Wildman–Crippen LogP) is 4.81. The van der Waals surface area contributed by atoms with E-state index in [1.807, 2.05) is 54.6 Å². The lowest BCUT2D eigenvalue weighted by Gasteiger charge is -2.09. The van der Waals surface area contributed by atoms with Gasteiger partial charge in [-0.2, -0.15) is 5.10 Å². The van der Waals surface area contributed by atoms with Crippen molar-refractivity contribution in [2.24, 2.45) is 0 Å². The van der Waals surface area contributed by atoms with Crippen molar-refractivity contribution in [1.29, 1.82) is 0 Å². The van der Waals surface area contributed by atoms with Gasteiger partial charge in [0.1, 0.15) is 17.3 Å². The average molecular weight is 359 g/mol. The van der Waals surface area contributed by atoms with Crippen LogP contribution in [0.2, 0.25) is 0 Å². The molecule has 0 unspecified atom stereocenters. The molecule has 0 radical (unpaired) electrons. The summed E-state index contributed by atoms with van der Waals surface area (Å²) in [4.78, 5) is 4.38. The minimum Gasteiger partial charge on any atom is -0.497 e.